The van der Waals surface area contributed by atoms with E-state index in [1.807, 2.05) is 24.3 Å². The molecule has 1 aliphatic rings. The second-order valence-electron chi connectivity index (χ2n) is 8.02. The average Bonchev–Trinajstić information content (AvgIpc) is 3.02. The maximum absolute atomic E-state index is 11.7. The first-order valence-corrected chi connectivity index (χ1v) is 9.02. The zero-order valence-corrected chi connectivity index (χ0v) is 16.2. The first kappa shape index (κ1) is 19.7. The monoisotopic (exact) mass is 348 g/mol. The van der Waals surface area contributed by atoms with E-state index in [9.17, 15) is 4.79 Å². The van der Waals surface area contributed by atoms with Crippen LogP contribution in [0.25, 0.3) is 0 Å². The molecule has 1 aliphatic heterocycles. The standard InChI is InChI=1S/C20H32N2O3/c1-20(2,3)19-16(10-11-24-19)13-21-12-15-8-6-7-9-17(15)25-14-18(23)22(4)5/h6-9,16,19,21H,10-14H2,1-5H3/t16-,19+/m1/s1. The van der Waals surface area contributed by atoms with Crippen LogP contribution in [0.5, 0.6) is 5.75 Å². The minimum atomic E-state index is -0.0427. The van der Waals surface area contributed by atoms with E-state index in [4.69, 9.17) is 9.47 Å². The molecule has 1 fully saturated rings. The smallest absolute Gasteiger partial charge is 0.259 e. The normalized spacial score (nSPS) is 20.5. The summed E-state index contributed by atoms with van der Waals surface area (Å²) in [6.07, 6.45) is 1.40. The van der Waals surface area contributed by atoms with Gasteiger partial charge >= 0.3 is 0 Å². The molecule has 1 aromatic rings. The maximum atomic E-state index is 11.7. The molecule has 0 aliphatic carbocycles. The number of benzene rings is 1. The maximum Gasteiger partial charge on any atom is 0.259 e. The highest BCUT2D eigenvalue weighted by atomic mass is 16.5. The highest BCUT2D eigenvalue weighted by Crippen LogP contribution is 2.34. The molecule has 1 amide bonds. The van der Waals surface area contributed by atoms with Crippen molar-refractivity contribution >= 4 is 5.91 Å². The summed E-state index contributed by atoms with van der Waals surface area (Å²) in [5.41, 5.74) is 1.23. The van der Waals surface area contributed by atoms with Gasteiger partial charge in [0.1, 0.15) is 5.75 Å². The van der Waals surface area contributed by atoms with E-state index in [1.165, 1.54) is 4.90 Å². The molecule has 0 unspecified atom stereocenters. The van der Waals surface area contributed by atoms with Crippen molar-refractivity contribution in [3.8, 4) is 5.75 Å². The first-order valence-electron chi connectivity index (χ1n) is 9.02. The third-order valence-electron chi connectivity index (χ3n) is 4.61. The second-order valence-corrected chi connectivity index (χ2v) is 8.02. The van der Waals surface area contributed by atoms with Gasteiger partial charge < -0.3 is 19.7 Å². The third kappa shape index (κ3) is 5.72. The number of nitrogens with zero attached hydrogens (tertiary/aromatic N) is 1. The van der Waals surface area contributed by atoms with Crippen molar-refractivity contribution < 1.29 is 14.3 Å². The summed E-state index contributed by atoms with van der Waals surface area (Å²) in [6.45, 7) is 9.27. The SMILES string of the molecule is CN(C)C(=O)COc1ccccc1CNC[C@H]1CCO[C@@H]1C(C)(C)C. The quantitative estimate of drug-likeness (QED) is 0.823. The largest absolute Gasteiger partial charge is 0.483 e. The predicted molar refractivity (Wildman–Crippen MR) is 99.6 cm³/mol. The topological polar surface area (TPSA) is 50.8 Å². The fraction of sp³-hybridized carbons (Fsp3) is 0.650. The Morgan fingerprint density at radius 1 is 1.32 bits per heavy atom. The van der Waals surface area contributed by atoms with Gasteiger partial charge in [-0.25, -0.2) is 0 Å². The average molecular weight is 348 g/mol. The van der Waals surface area contributed by atoms with E-state index < -0.39 is 0 Å². The molecule has 1 heterocycles. The van der Waals surface area contributed by atoms with Gasteiger partial charge in [-0.1, -0.05) is 39.0 Å². The van der Waals surface area contributed by atoms with Crippen LogP contribution in [0, 0.1) is 11.3 Å². The molecule has 5 nitrogen and oxygen atoms in total. The summed E-state index contributed by atoms with van der Waals surface area (Å²) in [4.78, 5) is 13.3. The minimum Gasteiger partial charge on any atom is -0.483 e. The summed E-state index contributed by atoms with van der Waals surface area (Å²) < 4.78 is 11.6. The van der Waals surface area contributed by atoms with Crippen LogP contribution in [-0.2, 0) is 16.1 Å². The van der Waals surface area contributed by atoms with Crippen LogP contribution in [0.4, 0.5) is 0 Å². The van der Waals surface area contributed by atoms with Crippen molar-refractivity contribution in [2.45, 2.75) is 39.8 Å². The predicted octanol–water partition coefficient (Wildman–Crippen LogP) is 2.69. The van der Waals surface area contributed by atoms with E-state index in [1.54, 1.807) is 14.1 Å². The summed E-state index contributed by atoms with van der Waals surface area (Å²) in [6, 6.07) is 7.87. The van der Waals surface area contributed by atoms with Crippen molar-refractivity contribution in [3.63, 3.8) is 0 Å². The Kier molecular flexibility index (Phi) is 6.85. The molecule has 5 heteroatoms. The number of likely N-dealkylation sites (N-methyl/N-ethyl adjacent to an activating group) is 1. The van der Waals surface area contributed by atoms with Crippen molar-refractivity contribution in [1.29, 1.82) is 0 Å². The fourth-order valence-electron chi connectivity index (χ4n) is 3.25. The van der Waals surface area contributed by atoms with Crippen LogP contribution in [0.2, 0.25) is 0 Å². The van der Waals surface area contributed by atoms with Crippen LogP contribution in [0.3, 0.4) is 0 Å². The molecule has 0 radical (unpaired) electrons. The first-order chi connectivity index (χ1) is 11.8. The van der Waals surface area contributed by atoms with Crippen molar-refractivity contribution in [1.82, 2.24) is 10.2 Å². The Hall–Kier alpha value is -1.59. The van der Waals surface area contributed by atoms with Gasteiger partial charge in [0, 0.05) is 45.3 Å². The highest BCUT2D eigenvalue weighted by Gasteiger charge is 2.36. The fourth-order valence-corrected chi connectivity index (χ4v) is 3.25. The lowest BCUT2D eigenvalue weighted by atomic mass is 9.81. The van der Waals surface area contributed by atoms with Gasteiger partial charge in [0.25, 0.3) is 5.91 Å². The van der Waals surface area contributed by atoms with Crippen molar-refractivity contribution in [2.24, 2.45) is 11.3 Å². The van der Waals surface area contributed by atoms with E-state index in [0.29, 0.717) is 12.0 Å². The third-order valence-corrected chi connectivity index (χ3v) is 4.61. The van der Waals surface area contributed by atoms with Gasteiger partial charge in [0.2, 0.25) is 0 Å². The number of carbonyl (C=O) groups is 1. The number of ether oxygens (including phenoxy) is 2. The number of para-hydroxylation sites is 1. The van der Waals surface area contributed by atoms with Crippen molar-refractivity contribution in [3.05, 3.63) is 29.8 Å². The number of hydrogen-bond acceptors (Lipinski definition) is 4. The van der Waals surface area contributed by atoms with Crippen LogP contribution in [-0.4, -0.2) is 50.8 Å². The van der Waals surface area contributed by atoms with Crippen LogP contribution >= 0.6 is 0 Å². The molecule has 25 heavy (non-hydrogen) atoms. The lowest BCUT2D eigenvalue weighted by molar-refractivity contribution is -0.130. The molecule has 0 bridgehead atoms. The Bertz CT molecular complexity index is 566. The van der Waals surface area contributed by atoms with Crippen LogP contribution in [0.15, 0.2) is 24.3 Å². The Labute approximate surface area is 151 Å². The highest BCUT2D eigenvalue weighted by molar-refractivity contribution is 5.77. The molecule has 1 saturated heterocycles. The number of amides is 1. The summed E-state index contributed by atoms with van der Waals surface area (Å²) in [5.74, 6) is 1.25. The Morgan fingerprint density at radius 2 is 2.04 bits per heavy atom. The van der Waals surface area contributed by atoms with Gasteiger partial charge in [-0.3, -0.25) is 4.79 Å². The molecule has 1 aromatic carbocycles. The zero-order valence-electron chi connectivity index (χ0n) is 16.2. The molecule has 140 valence electrons. The van der Waals surface area contributed by atoms with Gasteiger partial charge in [0.05, 0.1) is 6.10 Å². The van der Waals surface area contributed by atoms with Gasteiger partial charge in [-0.05, 0) is 17.9 Å². The van der Waals surface area contributed by atoms with Crippen LogP contribution < -0.4 is 10.1 Å². The number of carbonyl (C=O) groups excluding carboxylic acids is 1. The molecular weight excluding hydrogens is 316 g/mol. The lowest BCUT2D eigenvalue weighted by Gasteiger charge is -2.31. The summed E-state index contributed by atoms with van der Waals surface area (Å²) in [5, 5.41) is 3.54. The molecule has 2 atom stereocenters. The summed E-state index contributed by atoms with van der Waals surface area (Å²) in [7, 11) is 3.46. The lowest BCUT2D eigenvalue weighted by Crippen LogP contribution is -2.36. The number of nitrogens with one attached hydrogen (secondary N) is 1. The van der Waals surface area contributed by atoms with E-state index in [2.05, 4.69) is 26.1 Å². The molecule has 0 spiro atoms. The molecule has 0 saturated carbocycles. The van der Waals surface area contributed by atoms with E-state index in [-0.39, 0.29) is 17.9 Å². The number of hydrogen-bond donors (Lipinski definition) is 1. The Balaban J connectivity index is 1.87. The van der Waals surface area contributed by atoms with Gasteiger partial charge in [-0.2, -0.15) is 0 Å². The van der Waals surface area contributed by atoms with Crippen molar-refractivity contribution in [2.75, 3.05) is 33.9 Å². The number of rotatable bonds is 7. The second kappa shape index (κ2) is 8.68. The zero-order chi connectivity index (χ0) is 18.4. The molecular formula is C20H32N2O3. The van der Waals surface area contributed by atoms with E-state index >= 15 is 0 Å². The van der Waals surface area contributed by atoms with Crippen LogP contribution in [0.1, 0.15) is 32.8 Å². The molecule has 2 rings (SSSR count). The van der Waals surface area contributed by atoms with Gasteiger partial charge in [0.15, 0.2) is 6.61 Å². The van der Waals surface area contributed by atoms with Gasteiger partial charge in [-0.15, -0.1) is 0 Å². The molecule has 0 aromatic heterocycles. The summed E-state index contributed by atoms with van der Waals surface area (Å²) >= 11 is 0. The minimum absolute atomic E-state index is 0.0427. The Morgan fingerprint density at radius 3 is 2.72 bits per heavy atom. The molecule has 1 N–H and O–H groups in total. The van der Waals surface area contributed by atoms with E-state index in [0.717, 1.165) is 37.4 Å².